The fourth-order valence-electron chi connectivity index (χ4n) is 2.64. The number of aromatic amines is 1. The van der Waals surface area contributed by atoms with Gasteiger partial charge >= 0.3 is 0 Å². The van der Waals surface area contributed by atoms with Crippen LogP contribution in [0.3, 0.4) is 0 Å². The number of nitrogens with one attached hydrogen (secondary N) is 2. The fraction of sp³-hybridized carbons (Fsp3) is 0.0588. The van der Waals surface area contributed by atoms with E-state index in [2.05, 4.69) is 25.5 Å². The summed E-state index contributed by atoms with van der Waals surface area (Å²) in [6.07, 6.45) is 0. The Bertz CT molecular complexity index is 1230. The van der Waals surface area contributed by atoms with Gasteiger partial charge in [0.25, 0.3) is 5.69 Å². The second-order valence-electron chi connectivity index (χ2n) is 5.72. The Labute approximate surface area is 160 Å². The number of H-pyrrole nitrogens is 1. The monoisotopic (exact) mass is 398 g/mol. The lowest BCUT2D eigenvalue weighted by Gasteiger charge is -2.05. The van der Waals surface area contributed by atoms with Gasteiger partial charge in [-0.15, -0.1) is 10.2 Å². The predicted octanol–water partition coefficient (Wildman–Crippen LogP) is 3.28. The summed E-state index contributed by atoms with van der Waals surface area (Å²) in [6.45, 7) is 0. The number of para-hydroxylation sites is 2. The summed E-state index contributed by atoms with van der Waals surface area (Å²) in [4.78, 5) is 29.9. The molecule has 2 heterocycles. The highest BCUT2D eigenvalue weighted by molar-refractivity contribution is 7.99. The quantitative estimate of drug-likeness (QED) is 0.300. The number of rotatable bonds is 5. The molecule has 0 bridgehead atoms. The second-order valence-corrected chi connectivity index (χ2v) is 6.66. The second kappa shape index (κ2) is 7.19. The van der Waals surface area contributed by atoms with Gasteiger partial charge < -0.3 is 10.3 Å². The highest BCUT2D eigenvalue weighted by atomic mass is 32.2. The Kier molecular flexibility index (Phi) is 4.57. The van der Waals surface area contributed by atoms with Gasteiger partial charge in [0.15, 0.2) is 5.65 Å². The number of nitrogens with zero attached hydrogens (tertiary/aromatic N) is 4. The SMILES string of the molecule is O=C(CSc1nnc2c(n1)[nH]c1ccc(F)cc12)Nc1ccccc1[N+](=O)[O-]. The Balaban J connectivity index is 1.49. The molecular weight excluding hydrogens is 387 g/mol. The minimum absolute atomic E-state index is 0.0614. The van der Waals surface area contributed by atoms with E-state index in [1.165, 1.54) is 30.3 Å². The van der Waals surface area contributed by atoms with Gasteiger partial charge in [0.2, 0.25) is 11.1 Å². The molecule has 11 heteroatoms. The first-order chi connectivity index (χ1) is 13.5. The number of carbonyl (C=O) groups is 1. The molecule has 0 aliphatic rings. The first kappa shape index (κ1) is 17.8. The zero-order valence-corrected chi connectivity index (χ0v) is 14.9. The number of amides is 1. The van der Waals surface area contributed by atoms with Crippen LogP contribution in [0.4, 0.5) is 15.8 Å². The van der Waals surface area contributed by atoms with E-state index in [4.69, 9.17) is 0 Å². The zero-order valence-electron chi connectivity index (χ0n) is 14.0. The Morgan fingerprint density at radius 3 is 2.89 bits per heavy atom. The molecule has 140 valence electrons. The van der Waals surface area contributed by atoms with E-state index in [0.29, 0.717) is 22.1 Å². The minimum Gasteiger partial charge on any atom is -0.338 e. The lowest BCUT2D eigenvalue weighted by Crippen LogP contribution is -2.15. The van der Waals surface area contributed by atoms with Crippen molar-refractivity contribution in [2.24, 2.45) is 0 Å². The summed E-state index contributed by atoms with van der Waals surface area (Å²) in [7, 11) is 0. The van der Waals surface area contributed by atoms with Gasteiger partial charge in [-0.3, -0.25) is 14.9 Å². The summed E-state index contributed by atoms with van der Waals surface area (Å²) in [6, 6.07) is 10.1. The molecule has 2 N–H and O–H groups in total. The van der Waals surface area contributed by atoms with E-state index >= 15 is 0 Å². The third kappa shape index (κ3) is 3.47. The lowest BCUT2D eigenvalue weighted by atomic mass is 10.2. The normalized spacial score (nSPS) is 11.0. The van der Waals surface area contributed by atoms with Gasteiger partial charge in [-0.2, -0.15) is 0 Å². The van der Waals surface area contributed by atoms with Crippen molar-refractivity contribution in [2.45, 2.75) is 5.16 Å². The van der Waals surface area contributed by atoms with Gasteiger partial charge in [0, 0.05) is 17.0 Å². The number of nitro benzene ring substituents is 1. The minimum atomic E-state index is -0.567. The van der Waals surface area contributed by atoms with Crippen molar-refractivity contribution in [1.82, 2.24) is 20.2 Å². The molecule has 0 spiro atoms. The highest BCUT2D eigenvalue weighted by Crippen LogP contribution is 2.25. The Morgan fingerprint density at radius 2 is 2.07 bits per heavy atom. The fourth-order valence-corrected chi connectivity index (χ4v) is 3.23. The van der Waals surface area contributed by atoms with E-state index in [-0.39, 0.29) is 28.1 Å². The average molecular weight is 398 g/mol. The molecule has 0 saturated heterocycles. The van der Waals surface area contributed by atoms with Crippen molar-refractivity contribution in [3.8, 4) is 0 Å². The van der Waals surface area contributed by atoms with Crippen LogP contribution in [-0.4, -0.2) is 36.7 Å². The van der Waals surface area contributed by atoms with Crippen LogP contribution in [0.25, 0.3) is 22.1 Å². The van der Waals surface area contributed by atoms with E-state index in [1.54, 1.807) is 12.1 Å². The van der Waals surface area contributed by atoms with Crippen molar-refractivity contribution in [3.05, 3.63) is 58.4 Å². The molecule has 0 unspecified atom stereocenters. The molecule has 4 rings (SSSR count). The standard InChI is InChI=1S/C17H11FN6O3S/c18-9-5-6-11-10(7-9)15-16(20-11)21-17(23-22-15)28-8-14(25)19-12-3-1-2-4-13(12)24(26)27/h1-7H,8H2,(H,19,25)(H,20,21,23). The van der Waals surface area contributed by atoms with Crippen LogP contribution in [0, 0.1) is 15.9 Å². The number of nitro groups is 1. The van der Waals surface area contributed by atoms with Crippen molar-refractivity contribution >= 4 is 51.1 Å². The molecule has 0 aliphatic carbocycles. The zero-order chi connectivity index (χ0) is 19.7. The largest absolute Gasteiger partial charge is 0.338 e. The van der Waals surface area contributed by atoms with Crippen molar-refractivity contribution < 1.29 is 14.1 Å². The molecule has 1 amide bonds. The topological polar surface area (TPSA) is 127 Å². The molecule has 0 fully saturated rings. The maximum Gasteiger partial charge on any atom is 0.292 e. The number of hydrogen-bond acceptors (Lipinski definition) is 7. The molecule has 9 nitrogen and oxygen atoms in total. The van der Waals surface area contributed by atoms with Gasteiger partial charge in [-0.05, 0) is 24.3 Å². The molecule has 28 heavy (non-hydrogen) atoms. The van der Waals surface area contributed by atoms with Crippen LogP contribution >= 0.6 is 11.8 Å². The number of carbonyl (C=O) groups excluding carboxylic acids is 1. The van der Waals surface area contributed by atoms with Crippen molar-refractivity contribution in [3.63, 3.8) is 0 Å². The van der Waals surface area contributed by atoms with Crippen molar-refractivity contribution in [1.29, 1.82) is 0 Å². The van der Waals surface area contributed by atoms with Gasteiger partial charge in [-0.25, -0.2) is 9.37 Å². The molecule has 0 saturated carbocycles. The molecule has 2 aromatic heterocycles. The van der Waals surface area contributed by atoms with Gasteiger partial charge in [0.1, 0.15) is 17.0 Å². The van der Waals surface area contributed by atoms with Crippen LogP contribution in [0.5, 0.6) is 0 Å². The summed E-state index contributed by atoms with van der Waals surface area (Å²) in [5, 5.41) is 22.3. The summed E-state index contributed by atoms with van der Waals surface area (Å²) >= 11 is 1.03. The van der Waals surface area contributed by atoms with Crippen LogP contribution in [-0.2, 0) is 4.79 Å². The van der Waals surface area contributed by atoms with E-state index < -0.39 is 10.8 Å². The van der Waals surface area contributed by atoms with Crippen LogP contribution in [0.15, 0.2) is 47.6 Å². The van der Waals surface area contributed by atoms with Crippen LogP contribution < -0.4 is 5.32 Å². The maximum atomic E-state index is 13.4. The predicted molar refractivity (Wildman–Crippen MR) is 102 cm³/mol. The highest BCUT2D eigenvalue weighted by Gasteiger charge is 2.16. The number of halogens is 1. The smallest absolute Gasteiger partial charge is 0.292 e. The average Bonchev–Trinajstić information content (AvgIpc) is 3.03. The summed E-state index contributed by atoms with van der Waals surface area (Å²) in [5.41, 5.74) is 1.46. The molecule has 0 aliphatic heterocycles. The molecular formula is C17H11FN6O3S. The van der Waals surface area contributed by atoms with E-state index in [1.807, 2.05) is 0 Å². The van der Waals surface area contributed by atoms with Gasteiger partial charge in [0.05, 0.1) is 10.7 Å². The number of benzene rings is 2. The third-order valence-electron chi connectivity index (χ3n) is 3.86. The Hall–Kier alpha value is -3.60. The third-order valence-corrected chi connectivity index (χ3v) is 4.70. The van der Waals surface area contributed by atoms with Crippen LogP contribution in [0.1, 0.15) is 0 Å². The number of aromatic nitrogens is 4. The molecule has 2 aromatic carbocycles. The summed E-state index contributed by atoms with van der Waals surface area (Å²) in [5.74, 6) is -0.893. The first-order valence-electron chi connectivity index (χ1n) is 7.99. The Morgan fingerprint density at radius 1 is 1.25 bits per heavy atom. The molecule has 0 atom stereocenters. The molecule has 0 radical (unpaired) electrons. The lowest BCUT2D eigenvalue weighted by molar-refractivity contribution is -0.383. The maximum absolute atomic E-state index is 13.4. The number of anilines is 1. The number of fused-ring (bicyclic) bond motifs is 3. The van der Waals surface area contributed by atoms with E-state index in [9.17, 15) is 19.3 Å². The van der Waals surface area contributed by atoms with E-state index in [0.717, 1.165) is 11.8 Å². The van der Waals surface area contributed by atoms with Gasteiger partial charge in [-0.1, -0.05) is 23.9 Å². The number of thioether (sulfide) groups is 1. The first-order valence-corrected chi connectivity index (χ1v) is 8.97. The van der Waals surface area contributed by atoms with Crippen molar-refractivity contribution in [2.75, 3.05) is 11.1 Å². The molecule has 4 aromatic rings. The van der Waals surface area contributed by atoms with Crippen LogP contribution in [0.2, 0.25) is 0 Å². The summed E-state index contributed by atoms with van der Waals surface area (Å²) < 4.78 is 13.4. The number of hydrogen-bond donors (Lipinski definition) is 2.